The second kappa shape index (κ2) is 16.5. The maximum Gasteiger partial charge on any atom is 0.253 e. The van der Waals surface area contributed by atoms with Gasteiger partial charge in [-0.2, -0.15) is 0 Å². The molecule has 4 aromatic rings. The maximum absolute atomic E-state index is 13.6. The molecule has 0 bridgehead atoms. The summed E-state index contributed by atoms with van der Waals surface area (Å²) in [5, 5.41) is 3.75. The average Bonchev–Trinajstić information content (AvgIpc) is 3.46. The molecule has 1 aliphatic heterocycles. The van der Waals surface area contributed by atoms with E-state index in [0.717, 1.165) is 62.4 Å². The van der Waals surface area contributed by atoms with Crippen molar-refractivity contribution in [3.05, 3.63) is 72.1 Å². The first kappa shape index (κ1) is 34.0. The second-order valence-electron chi connectivity index (χ2n) is 11.9. The van der Waals surface area contributed by atoms with Crippen LogP contribution in [0.4, 0.5) is 5.95 Å². The molecule has 11 heteroatoms. The number of likely N-dealkylation sites (N-methyl/N-ethyl adjacent to an activating group) is 1. The van der Waals surface area contributed by atoms with Crippen LogP contribution in [-0.4, -0.2) is 104 Å². The number of carbonyl (C=O) groups excluding carboxylic acids is 1. The number of imidazole rings is 1. The summed E-state index contributed by atoms with van der Waals surface area (Å²) in [6, 6.07) is 16.1. The third kappa shape index (κ3) is 8.33. The number of hydrogen-bond acceptors (Lipinski definition) is 9. The summed E-state index contributed by atoms with van der Waals surface area (Å²) >= 11 is 0. The highest BCUT2D eigenvalue weighted by Crippen LogP contribution is 2.38. The highest BCUT2D eigenvalue weighted by Gasteiger charge is 2.25. The highest BCUT2D eigenvalue weighted by atomic mass is 16.5. The number of anilines is 1. The molecule has 1 atom stereocenters. The van der Waals surface area contributed by atoms with E-state index in [9.17, 15) is 4.79 Å². The van der Waals surface area contributed by atoms with Crippen molar-refractivity contribution in [2.75, 3.05) is 73.1 Å². The van der Waals surface area contributed by atoms with Crippen molar-refractivity contribution < 1.29 is 23.7 Å². The van der Waals surface area contributed by atoms with Gasteiger partial charge in [-0.05, 0) is 74.7 Å². The molecule has 1 saturated heterocycles. The Kier molecular flexibility index (Phi) is 11.9. The minimum atomic E-state index is -0.109. The number of aromatic nitrogens is 3. The van der Waals surface area contributed by atoms with E-state index in [1.165, 1.54) is 5.56 Å². The molecule has 2 aromatic heterocycles. The molecule has 1 N–H and O–H groups in total. The summed E-state index contributed by atoms with van der Waals surface area (Å²) in [5.74, 6) is 2.33. The monoisotopic (exact) mass is 644 g/mol. The van der Waals surface area contributed by atoms with Crippen molar-refractivity contribution >= 4 is 22.9 Å². The van der Waals surface area contributed by atoms with E-state index in [0.29, 0.717) is 48.6 Å². The van der Waals surface area contributed by atoms with E-state index in [2.05, 4.69) is 50.1 Å². The second-order valence-corrected chi connectivity index (χ2v) is 11.9. The van der Waals surface area contributed by atoms with Crippen LogP contribution in [0.2, 0.25) is 0 Å². The molecule has 2 aromatic carbocycles. The molecule has 252 valence electrons. The van der Waals surface area contributed by atoms with Crippen molar-refractivity contribution in [3.63, 3.8) is 0 Å². The Morgan fingerprint density at radius 1 is 1.00 bits per heavy atom. The van der Waals surface area contributed by atoms with Gasteiger partial charge in [0.2, 0.25) is 11.7 Å². The standard InChI is InChI=1S/C36H48N6O5/c1-6-47-22-21-42-31-10-8-7-9-30(31)39-36(42)38-29-14-19-41(20-15-29)18-13-27(26-11-16-37-17-12-26)25-40(2)35(43)28-23-32(44-3)34(46-5)33(24-28)45-4/h7-12,16-17,23-24,27,29H,6,13-15,18-22,25H2,1-5H3,(H,38,39). The molecular weight excluding hydrogens is 596 g/mol. The summed E-state index contributed by atoms with van der Waals surface area (Å²) < 4.78 is 24.3. The van der Waals surface area contributed by atoms with E-state index < -0.39 is 0 Å². The molecule has 11 nitrogen and oxygen atoms in total. The predicted molar refractivity (Wildman–Crippen MR) is 184 cm³/mol. The number of nitrogens with zero attached hydrogens (tertiary/aromatic N) is 5. The molecule has 1 unspecified atom stereocenters. The molecule has 0 aliphatic carbocycles. The van der Waals surface area contributed by atoms with E-state index >= 15 is 0 Å². The average molecular weight is 645 g/mol. The lowest BCUT2D eigenvalue weighted by atomic mass is 9.94. The molecule has 1 aliphatic rings. The highest BCUT2D eigenvalue weighted by molar-refractivity contribution is 5.95. The number of ether oxygens (including phenoxy) is 4. The Balaban J connectivity index is 1.20. The Hall–Kier alpha value is -4.35. The maximum atomic E-state index is 13.6. The van der Waals surface area contributed by atoms with Crippen LogP contribution < -0.4 is 19.5 Å². The molecule has 5 rings (SSSR count). The number of rotatable bonds is 16. The number of methoxy groups -OCH3 is 3. The Morgan fingerprint density at radius 3 is 2.36 bits per heavy atom. The molecule has 1 fully saturated rings. The van der Waals surface area contributed by atoms with Gasteiger partial charge < -0.3 is 38.6 Å². The van der Waals surface area contributed by atoms with Crippen molar-refractivity contribution in [3.8, 4) is 17.2 Å². The topological polar surface area (TPSA) is 103 Å². The van der Waals surface area contributed by atoms with Gasteiger partial charge in [-0.15, -0.1) is 0 Å². The number of nitrogens with one attached hydrogen (secondary N) is 1. The Bertz CT molecular complexity index is 1560. The van der Waals surface area contributed by atoms with E-state index in [1.807, 2.05) is 32.4 Å². The van der Waals surface area contributed by atoms with Gasteiger partial charge in [-0.25, -0.2) is 4.98 Å². The quantitative estimate of drug-likeness (QED) is 0.163. The van der Waals surface area contributed by atoms with Crippen LogP contribution in [0.25, 0.3) is 11.0 Å². The summed E-state index contributed by atoms with van der Waals surface area (Å²) in [6.07, 6.45) is 6.63. The first-order valence-electron chi connectivity index (χ1n) is 16.4. The normalized spacial score (nSPS) is 14.6. The van der Waals surface area contributed by atoms with Gasteiger partial charge >= 0.3 is 0 Å². The molecule has 0 spiro atoms. The van der Waals surface area contributed by atoms with Gasteiger partial charge in [0.25, 0.3) is 5.91 Å². The lowest BCUT2D eigenvalue weighted by Gasteiger charge is -2.34. The number of piperidine rings is 1. The molecule has 3 heterocycles. The minimum Gasteiger partial charge on any atom is -0.493 e. The lowest BCUT2D eigenvalue weighted by molar-refractivity contribution is 0.0781. The fourth-order valence-corrected chi connectivity index (χ4v) is 6.37. The van der Waals surface area contributed by atoms with Crippen LogP contribution in [0.3, 0.4) is 0 Å². The van der Waals surface area contributed by atoms with Crippen molar-refractivity contribution in [2.24, 2.45) is 0 Å². The van der Waals surface area contributed by atoms with Gasteiger partial charge in [0.15, 0.2) is 11.5 Å². The largest absolute Gasteiger partial charge is 0.493 e. The summed E-state index contributed by atoms with van der Waals surface area (Å²) in [7, 11) is 6.50. The summed E-state index contributed by atoms with van der Waals surface area (Å²) in [6.45, 7) is 7.66. The number of para-hydroxylation sites is 2. The number of carbonyl (C=O) groups is 1. The van der Waals surface area contributed by atoms with E-state index in [1.54, 1.807) is 38.4 Å². The van der Waals surface area contributed by atoms with Crippen LogP contribution in [-0.2, 0) is 11.3 Å². The smallest absolute Gasteiger partial charge is 0.253 e. The summed E-state index contributed by atoms with van der Waals surface area (Å²) in [5.41, 5.74) is 3.78. The van der Waals surface area contributed by atoms with Crippen molar-refractivity contribution in [1.29, 1.82) is 0 Å². The zero-order valence-electron chi connectivity index (χ0n) is 28.3. The molecule has 0 saturated carbocycles. The van der Waals surface area contributed by atoms with Gasteiger partial charge in [0, 0.05) is 69.8 Å². The fraction of sp³-hybridized carbons (Fsp3) is 0.472. The van der Waals surface area contributed by atoms with Gasteiger partial charge in [-0.1, -0.05) is 12.1 Å². The number of likely N-dealkylation sites (tertiary alicyclic amines) is 1. The lowest BCUT2D eigenvalue weighted by Crippen LogP contribution is -2.40. The number of fused-ring (bicyclic) bond motifs is 1. The van der Waals surface area contributed by atoms with Gasteiger partial charge in [0.1, 0.15) is 0 Å². The van der Waals surface area contributed by atoms with E-state index in [-0.39, 0.29) is 11.8 Å². The molecule has 1 amide bonds. The number of pyridine rings is 1. The van der Waals surface area contributed by atoms with Crippen LogP contribution in [0, 0.1) is 0 Å². The van der Waals surface area contributed by atoms with Crippen LogP contribution in [0.15, 0.2) is 60.9 Å². The molecular formula is C36H48N6O5. The number of amides is 1. The fourth-order valence-electron chi connectivity index (χ4n) is 6.37. The van der Waals surface area contributed by atoms with Crippen molar-refractivity contribution in [1.82, 2.24) is 24.3 Å². The van der Waals surface area contributed by atoms with Crippen molar-refractivity contribution in [2.45, 2.75) is 44.7 Å². The predicted octanol–water partition coefficient (Wildman–Crippen LogP) is 5.32. The molecule has 0 radical (unpaired) electrons. The van der Waals surface area contributed by atoms with Crippen LogP contribution in [0.1, 0.15) is 48.0 Å². The van der Waals surface area contributed by atoms with Gasteiger partial charge in [-0.3, -0.25) is 9.78 Å². The number of benzene rings is 2. The first-order chi connectivity index (χ1) is 22.9. The summed E-state index contributed by atoms with van der Waals surface area (Å²) in [4.78, 5) is 27.1. The first-order valence-corrected chi connectivity index (χ1v) is 16.4. The zero-order chi connectivity index (χ0) is 33.2. The van der Waals surface area contributed by atoms with Crippen LogP contribution >= 0.6 is 0 Å². The Labute approximate surface area is 277 Å². The molecule has 47 heavy (non-hydrogen) atoms. The SMILES string of the molecule is CCOCCn1c(NC2CCN(CCC(CN(C)C(=O)c3cc(OC)c(OC)c(OC)c3)c3ccncc3)CC2)nc2ccccc21. The Morgan fingerprint density at radius 2 is 1.70 bits per heavy atom. The third-order valence-corrected chi connectivity index (χ3v) is 8.96. The van der Waals surface area contributed by atoms with Crippen LogP contribution in [0.5, 0.6) is 17.2 Å². The van der Waals surface area contributed by atoms with Gasteiger partial charge in [0.05, 0.1) is 39.0 Å². The minimum absolute atomic E-state index is 0.109. The van der Waals surface area contributed by atoms with E-state index in [4.69, 9.17) is 23.9 Å². The third-order valence-electron chi connectivity index (χ3n) is 8.96. The zero-order valence-corrected chi connectivity index (χ0v) is 28.3. The number of hydrogen-bond donors (Lipinski definition) is 1.